The van der Waals surface area contributed by atoms with Gasteiger partial charge in [-0.3, -0.25) is 14.5 Å². The Morgan fingerprint density at radius 1 is 1.16 bits per heavy atom. The van der Waals surface area contributed by atoms with Gasteiger partial charge in [-0.05, 0) is 35.4 Å². The van der Waals surface area contributed by atoms with Crippen LogP contribution in [-0.2, 0) is 16.1 Å². The van der Waals surface area contributed by atoms with Gasteiger partial charge >= 0.3 is 6.03 Å². The van der Waals surface area contributed by atoms with Gasteiger partial charge in [0.05, 0.1) is 36.7 Å². The van der Waals surface area contributed by atoms with E-state index in [1.165, 1.54) is 34.3 Å². The highest BCUT2D eigenvalue weighted by atomic mass is 19.1. The van der Waals surface area contributed by atoms with Crippen molar-refractivity contribution in [2.75, 3.05) is 13.1 Å². The normalized spacial score (nSPS) is 17.9. The van der Waals surface area contributed by atoms with Crippen LogP contribution in [0.1, 0.15) is 29.0 Å². The molecule has 2 aliphatic heterocycles. The zero-order valence-electron chi connectivity index (χ0n) is 19.9. The van der Waals surface area contributed by atoms with E-state index in [1.807, 2.05) is 6.07 Å². The van der Waals surface area contributed by atoms with Crippen LogP contribution in [0.2, 0.25) is 0 Å². The van der Waals surface area contributed by atoms with Crippen LogP contribution in [0.4, 0.5) is 9.18 Å². The second-order valence-corrected chi connectivity index (χ2v) is 8.74. The van der Waals surface area contributed by atoms with Gasteiger partial charge in [0.25, 0.3) is 5.91 Å². The van der Waals surface area contributed by atoms with Crippen LogP contribution in [-0.4, -0.2) is 40.7 Å². The second-order valence-electron chi connectivity index (χ2n) is 8.74. The van der Waals surface area contributed by atoms with Crippen LogP contribution in [0, 0.1) is 5.82 Å². The van der Waals surface area contributed by atoms with Crippen molar-refractivity contribution in [2.24, 2.45) is 0 Å². The largest absolute Gasteiger partial charge is 0.467 e. The summed E-state index contributed by atoms with van der Waals surface area (Å²) in [5.41, 5.74) is 1.81. The molecule has 0 spiro atoms. The Labute approximate surface area is 213 Å². The fraction of sp³-hybridized carbons (Fsp3) is 0.179. The second kappa shape index (κ2) is 10.1. The molecule has 0 saturated carbocycles. The van der Waals surface area contributed by atoms with Crippen LogP contribution in [0.25, 0.3) is 0 Å². The molecule has 2 atom stereocenters. The van der Waals surface area contributed by atoms with Crippen molar-refractivity contribution in [2.45, 2.75) is 18.6 Å². The lowest BCUT2D eigenvalue weighted by molar-refractivity contribution is -0.136. The van der Waals surface area contributed by atoms with Crippen molar-refractivity contribution >= 4 is 17.8 Å². The maximum absolute atomic E-state index is 14.1. The number of carbonyl (C=O) groups is 3. The highest BCUT2D eigenvalue weighted by Gasteiger charge is 2.47. The SMILES string of the molecule is C=CCN1C(=O)N[C@@H](c2cccc(F)c2)C2=C1CN([C@@H](C(=O)NCc1ccco1)c1ccccc1)C2=O. The van der Waals surface area contributed by atoms with E-state index in [4.69, 9.17) is 4.42 Å². The Kier molecular flexibility index (Phi) is 6.59. The number of rotatable bonds is 8. The minimum Gasteiger partial charge on any atom is -0.467 e. The average molecular weight is 501 g/mol. The predicted molar refractivity (Wildman–Crippen MR) is 133 cm³/mol. The van der Waals surface area contributed by atoms with Crippen LogP contribution >= 0.6 is 0 Å². The number of nitrogens with one attached hydrogen (secondary N) is 2. The Morgan fingerprint density at radius 2 is 1.97 bits per heavy atom. The van der Waals surface area contributed by atoms with E-state index in [2.05, 4.69) is 17.2 Å². The minimum atomic E-state index is -0.969. The van der Waals surface area contributed by atoms with E-state index in [1.54, 1.807) is 48.5 Å². The molecule has 3 aromatic rings. The Bertz CT molecular complexity index is 1370. The number of carbonyl (C=O) groups excluding carboxylic acids is 3. The van der Waals surface area contributed by atoms with Crippen molar-refractivity contribution in [3.8, 4) is 0 Å². The maximum atomic E-state index is 14.1. The molecule has 9 heteroatoms. The van der Waals surface area contributed by atoms with Gasteiger partial charge in [0.15, 0.2) is 0 Å². The van der Waals surface area contributed by atoms with Crippen LogP contribution in [0.5, 0.6) is 0 Å². The molecule has 0 bridgehead atoms. The number of hydrogen-bond acceptors (Lipinski definition) is 4. The molecule has 8 nitrogen and oxygen atoms in total. The summed E-state index contributed by atoms with van der Waals surface area (Å²) in [6, 6.07) is 15.9. The number of hydrogen-bond donors (Lipinski definition) is 2. The van der Waals surface area contributed by atoms with Crippen LogP contribution in [0.15, 0.2) is 101 Å². The van der Waals surface area contributed by atoms with Gasteiger partial charge in [-0.2, -0.15) is 0 Å². The number of urea groups is 1. The monoisotopic (exact) mass is 500 g/mol. The number of nitrogens with zero attached hydrogens (tertiary/aromatic N) is 2. The van der Waals surface area contributed by atoms with Crippen molar-refractivity contribution in [3.63, 3.8) is 0 Å². The van der Waals surface area contributed by atoms with Gasteiger partial charge in [0.1, 0.15) is 17.6 Å². The topological polar surface area (TPSA) is 94.9 Å². The first-order chi connectivity index (χ1) is 18.0. The fourth-order valence-electron chi connectivity index (χ4n) is 4.77. The van der Waals surface area contributed by atoms with Gasteiger partial charge < -0.3 is 20.0 Å². The van der Waals surface area contributed by atoms with E-state index in [9.17, 15) is 18.8 Å². The van der Waals surface area contributed by atoms with E-state index in [0.29, 0.717) is 28.2 Å². The third kappa shape index (κ3) is 4.63. The lowest BCUT2D eigenvalue weighted by atomic mass is 9.95. The summed E-state index contributed by atoms with van der Waals surface area (Å²) in [6.07, 6.45) is 3.08. The summed E-state index contributed by atoms with van der Waals surface area (Å²) in [4.78, 5) is 43.4. The lowest BCUT2D eigenvalue weighted by Gasteiger charge is -2.33. The highest BCUT2D eigenvalue weighted by Crippen LogP contribution is 2.39. The fourth-order valence-corrected chi connectivity index (χ4v) is 4.77. The van der Waals surface area contributed by atoms with E-state index in [0.717, 1.165) is 0 Å². The first kappa shape index (κ1) is 24.1. The summed E-state index contributed by atoms with van der Waals surface area (Å²) in [7, 11) is 0. The number of amides is 4. The molecular weight excluding hydrogens is 475 g/mol. The smallest absolute Gasteiger partial charge is 0.322 e. The third-order valence-electron chi connectivity index (χ3n) is 6.44. The molecule has 0 fully saturated rings. The zero-order valence-corrected chi connectivity index (χ0v) is 19.9. The van der Waals surface area contributed by atoms with Gasteiger partial charge in [0.2, 0.25) is 5.91 Å². The molecule has 3 heterocycles. The summed E-state index contributed by atoms with van der Waals surface area (Å²) in [5.74, 6) is -0.722. The molecule has 0 saturated heterocycles. The molecule has 5 rings (SSSR count). The van der Waals surface area contributed by atoms with Gasteiger partial charge in [-0.1, -0.05) is 48.5 Å². The Balaban J connectivity index is 1.53. The molecule has 0 unspecified atom stereocenters. The molecular formula is C28H25FN4O4. The van der Waals surface area contributed by atoms with Crippen LogP contribution in [0.3, 0.4) is 0 Å². The molecule has 2 aliphatic rings. The van der Waals surface area contributed by atoms with E-state index in [-0.39, 0.29) is 19.6 Å². The highest BCUT2D eigenvalue weighted by molar-refractivity contribution is 6.03. The van der Waals surface area contributed by atoms with Crippen molar-refractivity contribution in [1.29, 1.82) is 0 Å². The molecule has 2 aromatic carbocycles. The van der Waals surface area contributed by atoms with Crippen LogP contribution < -0.4 is 10.6 Å². The Hall–Kier alpha value is -4.66. The predicted octanol–water partition coefficient (Wildman–Crippen LogP) is 3.83. The van der Waals surface area contributed by atoms with Crippen molar-refractivity contribution < 1.29 is 23.2 Å². The van der Waals surface area contributed by atoms with Gasteiger partial charge in [-0.25, -0.2) is 9.18 Å². The summed E-state index contributed by atoms with van der Waals surface area (Å²) < 4.78 is 19.4. The Morgan fingerprint density at radius 3 is 2.68 bits per heavy atom. The van der Waals surface area contributed by atoms with Gasteiger partial charge in [0, 0.05) is 6.54 Å². The van der Waals surface area contributed by atoms with E-state index >= 15 is 0 Å². The molecule has 188 valence electrons. The summed E-state index contributed by atoms with van der Waals surface area (Å²) >= 11 is 0. The molecule has 4 amide bonds. The molecule has 37 heavy (non-hydrogen) atoms. The van der Waals surface area contributed by atoms with Crippen molar-refractivity contribution in [1.82, 2.24) is 20.4 Å². The average Bonchev–Trinajstić information content (AvgIpc) is 3.54. The van der Waals surface area contributed by atoms with E-state index < -0.39 is 35.7 Å². The molecule has 0 aliphatic carbocycles. The number of benzene rings is 2. The minimum absolute atomic E-state index is 0.0228. The molecule has 1 aromatic heterocycles. The summed E-state index contributed by atoms with van der Waals surface area (Å²) in [5, 5.41) is 5.67. The third-order valence-corrected chi connectivity index (χ3v) is 6.44. The van der Waals surface area contributed by atoms with Crippen molar-refractivity contribution in [3.05, 3.63) is 120 Å². The number of halogens is 1. The maximum Gasteiger partial charge on any atom is 0.322 e. The first-order valence-corrected chi connectivity index (χ1v) is 11.8. The lowest BCUT2D eigenvalue weighted by Crippen LogP contribution is -2.47. The first-order valence-electron chi connectivity index (χ1n) is 11.8. The molecule has 2 N–H and O–H groups in total. The standard InChI is InChI=1S/C28H25FN4O4/c1-2-13-32-22-17-33(27(35)23(22)24(31-28(32)36)19-10-6-11-20(29)15-19)25(18-8-4-3-5-9-18)26(34)30-16-21-12-7-14-37-21/h2-12,14-15,24-25H,1,13,16-17H2,(H,30,34)(H,31,36)/t24-,25+/m0/s1. The zero-order chi connectivity index (χ0) is 25.9. The quantitative estimate of drug-likeness (QED) is 0.460. The van der Waals surface area contributed by atoms with Gasteiger partial charge in [-0.15, -0.1) is 6.58 Å². The summed E-state index contributed by atoms with van der Waals surface area (Å²) in [6.45, 7) is 4.07. The number of furan rings is 1. The molecule has 0 radical (unpaired) electrons.